The molecule has 0 amide bonds. The van der Waals surface area contributed by atoms with Crippen molar-refractivity contribution >= 4 is 17.6 Å². The summed E-state index contributed by atoms with van der Waals surface area (Å²) in [6.07, 6.45) is 6.20. The third-order valence-electron chi connectivity index (χ3n) is 2.65. The molecule has 1 heterocycles. The Labute approximate surface area is 95.8 Å². The maximum Gasteiger partial charge on any atom is 0.124 e. The molecule has 2 atom stereocenters. The summed E-state index contributed by atoms with van der Waals surface area (Å²) >= 11 is 1.70. The molecule has 0 fully saturated rings. The van der Waals surface area contributed by atoms with Crippen molar-refractivity contribution in [3.05, 3.63) is 35.0 Å². The Hall–Kier alpha value is -0.890. The summed E-state index contributed by atoms with van der Waals surface area (Å²) in [5.41, 5.74) is 0. The van der Waals surface area contributed by atoms with Gasteiger partial charge in [-0.25, -0.2) is 0 Å². The van der Waals surface area contributed by atoms with E-state index in [9.17, 15) is 4.79 Å². The molecular weight excluding hydrogens is 204 g/mol. The highest BCUT2D eigenvalue weighted by Crippen LogP contribution is 2.31. The van der Waals surface area contributed by atoms with Crippen molar-refractivity contribution in [2.75, 3.05) is 0 Å². The zero-order chi connectivity index (χ0) is 11.1. The maximum atomic E-state index is 11.1. The van der Waals surface area contributed by atoms with Crippen molar-refractivity contribution < 1.29 is 4.79 Å². The van der Waals surface area contributed by atoms with Gasteiger partial charge in [0.15, 0.2) is 0 Å². The van der Waals surface area contributed by atoms with Crippen LogP contribution < -0.4 is 0 Å². The molecule has 82 valence electrons. The zero-order valence-electron chi connectivity index (χ0n) is 9.19. The number of allylic oxidation sites excluding steroid dienone is 1. The lowest BCUT2D eigenvalue weighted by Gasteiger charge is -2.17. The van der Waals surface area contributed by atoms with Crippen molar-refractivity contribution in [1.82, 2.24) is 0 Å². The van der Waals surface area contributed by atoms with E-state index in [2.05, 4.69) is 19.6 Å². The number of hydrogen-bond acceptors (Lipinski definition) is 2. The van der Waals surface area contributed by atoms with Gasteiger partial charge in [-0.15, -0.1) is 17.9 Å². The van der Waals surface area contributed by atoms with E-state index in [1.54, 1.807) is 11.3 Å². The molecule has 1 aromatic rings. The molecule has 0 aliphatic carbocycles. The first-order chi connectivity index (χ1) is 7.33. The number of thiophene rings is 1. The van der Waals surface area contributed by atoms with Crippen LogP contribution in [0.5, 0.6) is 0 Å². The van der Waals surface area contributed by atoms with Crippen LogP contribution in [0.25, 0.3) is 0 Å². The van der Waals surface area contributed by atoms with Crippen LogP contribution in [-0.4, -0.2) is 6.29 Å². The van der Waals surface area contributed by atoms with Gasteiger partial charge in [0.2, 0.25) is 0 Å². The molecule has 0 bridgehead atoms. The number of rotatable bonds is 7. The van der Waals surface area contributed by atoms with Gasteiger partial charge in [0.05, 0.1) is 0 Å². The van der Waals surface area contributed by atoms with Crippen LogP contribution in [0.15, 0.2) is 30.2 Å². The van der Waals surface area contributed by atoms with E-state index in [4.69, 9.17) is 0 Å². The van der Waals surface area contributed by atoms with Crippen LogP contribution in [0.2, 0.25) is 0 Å². The van der Waals surface area contributed by atoms with Crippen LogP contribution in [-0.2, 0) is 4.79 Å². The van der Waals surface area contributed by atoms with Crippen LogP contribution in [0, 0.1) is 5.92 Å². The second-order valence-electron chi connectivity index (χ2n) is 3.72. The van der Waals surface area contributed by atoms with Crippen molar-refractivity contribution in [2.24, 2.45) is 5.92 Å². The average molecular weight is 222 g/mol. The highest BCUT2D eigenvalue weighted by molar-refractivity contribution is 7.10. The van der Waals surface area contributed by atoms with Crippen LogP contribution in [0.4, 0.5) is 0 Å². The largest absolute Gasteiger partial charge is 0.303 e. The highest BCUT2D eigenvalue weighted by Gasteiger charge is 2.19. The number of carbonyl (C=O) groups is 1. The molecule has 0 N–H and O–H groups in total. The predicted molar refractivity (Wildman–Crippen MR) is 66.3 cm³/mol. The molecular formula is C13H18OS. The third kappa shape index (κ3) is 3.31. The number of carbonyl (C=O) groups excluding carboxylic acids is 1. The molecule has 0 aliphatic heterocycles. The maximum absolute atomic E-state index is 11.1. The fraction of sp³-hybridized carbons (Fsp3) is 0.462. The van der Waals surface area contributed by atoms with Crippen LogP contribution in [0.3, 0.4) is 0 Å². The Morgan fingerprint density at radius 2 is 2.40 bits per heavy atom. The number of hydrogen-bond donors (Lipinski definition) is 0. The van der Waals surface area contributed by atoms with E-state index in [-0.39, 0.29) is 11.8 Å². The standard InChI is InChI=1S/C13H18OS/c1-3-5-7-11(10-14)12(4-2)13-8-6-9-15-13/h4,6,8-12H,2-3,5,7H2,1H3/t11-,12+/m0/s1. The Bertz CT molecular complexity index is 289. The van der Waals surface area contributed by atoms with E-state index >= 15 is 0 Å². The second kappa shape index (κ2) is 6.57. The fourth-order valence-corrected chi connectivity index (χ4v) is 2.65. The van der Waals surface area contributed by atoms with Gasteiger partial charge in [0, 0.05) is 16.7 Å². The van der Waals surface area contributed by atoms with Crippen molar-refractivity contribution in [2.45, 2.75) is 32.1 Å². The van der Waals surface area contributed by atoms with Crippen molar-refractivity contribution in [3.63, 3.8) is 0 Å². The number of unbranched alkanes of at least 4 members (excludes halogenated alkanes) is 1. The van der Waals surface area contributed by atoms with Crippen LogP contribution in [0.1, 0.15) is 37.0 Å². The fourth-order valence-electron chi connectivity index (χ4n) is 1.75. The first-order valence-electron chi connectivity index (χ1n) is 5.44. The normalized spacial score (nSPS) is 14.5. The zero-order valence-corrected chi connectivity index (χ0v) is 10.0. The second-order valence-corrected chi connectivity index (χ2v) is 4.70. The summed E-state index contributed by atoms with van der Waals surface area (Å²) < 4.78 is 0. The molecule has 0 aromatic carbocycles. The Morgan fingerprint density at radius 1 is 1.60 bits per heavy atom. The third-order valence-corrected chi connectivity index (χ3v) is 3.63. The van der Waals surface area contributed by atoms with Gasteiger partial charge >= 0.3 is 0 Å². The van der Waals surface area contributed by atoms with Crippen molar-refractivity contribution in [1.29, 1.82) is 0 Å². The first kappa shape index (κ1) is 12.2. The first-order valence-corrected chi connectivity index (χ1v) is 6.32. The summed E-state index contributed by atoms with van der Waals surface area (Å²) in [6, 6.07) is 4.11. The minimum atomic E-state index is 0.0982. The molecule has 1 nitrogen and oxygen atoms in total. The van der Waals surface area contributed by atoms with E-state index in [0.717, 1.165) is 25.5 Å². The van der Waals surface area contributed by atoms with Gasteiger partial charge < -0.3 is 4.79 Å². The van der Waals surface area contributed by atoms with E-state index < -0.39 is 0 Å². The quantitative estimate of drug-likeness (QED) is 0.503. The van der Waals surface area contributed by atoms with Gasteiger partial charge in [-0.3, -0.25) is 0 Å². The molecule has 0 spiro atoms. The lowest BCUT2D eigenvalue weighted by atomic mass is 9.88. The van der Waals surface area contributed by atoms with Crippen LogP contribution >= 0.6 is 11.3 Å². The summed E-state index contributed by atoms with van der Waals surface area (Å²) in [4.78, 5) is 12.3. The molecule has 0 unspecified atom stereocenters. The van der Waals surface area contributed by atoms with Crippen molar-refractivity contribution in [3.8, 4) is 0 Å². The number of aldehydes is 1. The van der Waals surface area contributed by atoms with E-state index in [1.807, 2.05) is 17.5 Å². The average Bonchev–Trinajstić information content (AvgIpc) is 2.77. The summed E-state index contributed by atoms with van der Waals surface area (Å²) in [6.45, 7) is 5.99. The SMILES string of the molecule is C=C[C@@H](c1cccs1)[C@H](C=O)CCCC. The highest BCUT2D eigenvalue weighted by atomic mass is 32.1. The minimum absolute atomic E-state index is 0.0982. The molecule has 1 aromatic heterocycles. The molecule has 0 saturated heterocycles. The Morgan fingerprint density at radius 3 is 2.87 bits per heavy atom. The summed E-state index contributed by atoms with van der Waals surface area (Å²) in [5.74, 6) is 0.301. The minimum Gasteiger partial charge on any atom is -0.303 e. The molecule has 1 rings (SSSR count). The molecule has 0 aliphatic rings. The van der Waals surface area contributed by atoms with Gasteiger partial charge in [-0.2, -0.15) is 0 Å². The smallest absolute Gasteiger partial charge is 0.124 e. The Balaban J connectivity index is 2.70. The lowest BCUT2D eigenvalue weighted by Crippen LogP contribution is -2.11. The molecule has 15 heavy (non-hydrogen) atoms. The van der Waals surface area contributed by atoms with Gasteiger partial charge in [-0.1, -0.05) is 31.9 Å². The predicted octanol–water partition coefficient (Wildman–Crippen LogP) is 4.02. The lowest BCUT2D eigenvalue weighted by molar-refractivity contribution is -0.111. The van der Waals surface area contributed by atoms with E-state index in [1.165, 1.54) is 4.88 Å². The molecule has 0 saturated carbocycles. The topological polar surface area (TPSA) is 17.1 Å². The summed E-state index contributed by atoms with van der Waals surface area (Å²) in [5, 5.41) is 2.05. The summed E-state index contributed by atoms with van der Waals surface area (Å²) in [7, 11) is 0. The monoisotopic (exact) mass is 222 g/mol. The molecule has 0 radical (unpaired) electrons. The Kier molecular flexibility index (Phi) is 5.33. The van der Waals surface area contributed by atoms with Gasteiger partial charge in [0.25, 0.3) is 0 Å². The van der Waals surface area contributed by atoms with E-state index in [0.29, 0.717) is 0 Å². The molecule has 2 heteroatoms. The van der Waals surface area contributed by atoms with Gasteiger partial charge in [-0.05, 0) is 17.9 Å². The van der Waals surface area contributed by atoms with Gasteiger partial charge in [0.1, 0.15) is 6.29 Å².